The Morgan fingerprint density at radius 3 is 2.86 bits per heavy atom. The molecule has 1 N–H and O–H groups in total. The molecule has 1 amide bonds. The van der Waals surface area contributed by atoms with E-state index in [1.807, 2.05) is 29.2 Å². The predicted octanol–water partition coefficient (Wildman–Crippen LogP) is 4.39. The lowest BCUT2D eigenvalue weighted by atomic mass is 10.0. The molecule has 7 heteroatoms. The zero-order valence-corrected chi connectivity index (χ0v) is 16.4. The van der Waals surface area contributed by atoms with E-state index in [0.717, 1.165) is 24.0 Å². The van der Waals surface area contributed by atoms with E-state index < -0.39 is 0 Å². The summed E-state index contributed by atoms with van der Waals surface area (Å²) in [5, 5.41) is 5.86. The Labute approximate surface area is 172 Å². The number of carbonyl (C=O) groups excluding carboxylic acids is 1. The van der Waals surface area contributed by atoms with Gasteiger partial charge in [0, 0.05) is 65.1 Å². The molecule has 0 saturated heterocycles. The summed E-state index contributed by atoms with van der Waals surface area (Å²) in [6, 6.07) is 15.5. The average molecular weight is 407 g/mol. The first-order chi connectivity index (χ1) is 14.2. The van der Waals surface area contributed by atoms with Crippen LogP contribution >= 0.6 is 11.6 Å². The summed E-state index contributed by atoms with van der Waals surface area (Å²) in [5.74, 6) is 1.07. The average Bonchev–Trinajstić information content (AvgIpc) is 3.37. The van der Waals surface area contributed by atoms with Gasteiger partial charge in [-0.25, -0.2) is 0 Å². The number of benzene rings is 2. The third-order valence-corrected chi connectivity index (χ3v) is 5.61. The van der Waals surface area contributed by atoms with Gasteiger partial charge in [0.05, 0.1) is 0 Å². The van der Waals surface area contributed by atoms with Gasteiger partial charge in [-0.1, -0.05) is 35.0 Å². The Hall–Kier alpha value is -3.12. The van der Waals surface area contributed by atoms with Gasteiger partial charge in [0.2, 0.25) is 17.6 Å². The second-order valence-electron chi connectivity index (χ2n) is 7.21. The van der Waals surface area contributed by atoms with Crippen molar-refractivity contribution in [1.82, 2.24) is 20.0 Å². The highest BCUT2D eigenvalue weighted by Crippen LogP contribution is 2.28. The monoisotopic (exact) mass is 406 g/mol. The fourth-order valence-corrected chi connectivity index (χ4v) is 3.95. The molecule has 0 radical (unpaired) electrons. The van der Waals surface area contributed by atoms with Crippen molar-refractivity contribution in [2.75, 3.05) is 6.54 Å². The number of para-hydroxylation sites is 1. The lowest BCUT2D eigenvalue weighted by Gasteiger charge is -2.27. The largest absolute Gasteiger partial charge is 0.358 e. The number of hydrogen-bond donors (Lipinski definition) is 1. The van der Waals surface area contributed by atoms with Gasteiger partial charge in [-0.15, -0.1) is 0 Å². The molecule has 2 aromatic heterocycles. The van der Waals surface area contributed by atoms with Gasteiger partial charge in [0.1, 0.15) is 0 Å². The number of amides is 1. The van der Waals surface area contributed by atoms with Crippen LogP contribution < -0.4 is 0 Å². The minimum Gasteiger partial charge on any atom is -0.358 e. The van der Waals surface area contributed by atoms with E-state index >= 15 is 0 Å². The van der Waals surface area contributed by atoms with Gasteiger partial charge in [-0.3, -0.25) is 4.79 Å². The minimum absolute atomic E-state index is 0.104. The van der Waals surface area contributed by atoms with Crippen molar-refractivity contribution in [2.45, 2.75) is 25.8 Å². The van der Waals surface area contributed by atoms with Crippen molar-refractivity contribution in [1.29, 1.82) is 0 Å². The lowest BCUT2D eigenvalue weighted by Crippen LogP contribution is -2.35. The fraction of sp³-hybridized carbons (Fsp3) is 0.227. The number of rotatable bonds is 4. The van der Waals surface area contributed by atoms with Crippen molar-refractivity contribution in [3.8, 4) is 11.4 Å². The van der Waals surface area contributed by atoms with Gasteiger partial charge in [-0.2, -0.15) is 4.98 Å². The first kappa shape index (κ1) is 17.9. The summed E-state index contributed by atoms with van der Waals surface area (Å²) in [6.45, 7) is 1.36. The highest BCUT2D eigenvalue weighted by Gasteiger charge is 2.24. The molecule has 146 valence electrons. The molecule has 2 aromatic carbocycles. The molecule has 0 saturated carbocycles. The first-order valence-electron chi connectivity index (χ1n) is 9.62. The Balaban J connectivity index is 1.24. The third-order valence-electron chi connectivity index (χ3n) is 5.36. The number of aromatic amines is 1. The number of aryl methyl sites for hydroxylation is 1. The fourth-order valence-electron chi connectivity index (χ4n) is 3.82. The van der Waals surface area contributed by atoms with E-state index in [9.17, 15) is 4.79 Å². The normalized spacial score (nSPS) is 13.6. The summed E-state index contributed by atoms with van der Waals surface area (Å²) in [4.78, 5) is 22.6. The van der Waals surface area contributed by atoms with Gasteiger partial charge in [-0.05, 0) is 30.3 Å². The molecular weight excluding hydrogens is 388 g/mol. The van der Waals surface area contributed by atoms with Crippen LogP contribution in [0.15, 0.2) is 53.1 Å². The number of fused-ring (bicyclic) bond motifs is 3. The number of halogens is 1. The molecule has 0 aliphatic carbocycles. The molecule has 1 aliphatic heterocycles. The quantitative estimate of drug-likeness (QED) is 0.545. The summed E-state index contributed by atoms with van der Waals surface area (Å²) in [7, 11) is 0. The SMILES string of the molecule is O=C(CCc1nc(-c2ccc(Cl)cc2)no1)N1CCc2[nH]c3ccccc3c2C1. The topological polar surface area (TPSA) is 75.0 Å². The second kappa shape index (κ2) is 7.37. The van der Waals surface area contributed by atoms with Crippen molar-refractivity contribution in [3.63, 3.8) is 0 Å². The summed E-state index contributed by atoms with van der Waals surface area (Å²) < 4.78 is 5.32. The number of aromatic nitrogens is 3. The van der Waals surface area contributed by atoms with E-state index in [4.69, 9.17) is 16.1 Å². The Morgan fingerprint density at radius 1 is 1.17 bits per heavy atom. The number of nitrogens with zero attached hydrogens (tertiary/aromatic N) is 3. The van der Waals surface area contributed by atoms with E-state index in [0.29, 0.717) is 36.1 Å². The highest BCUT2D eigenvalue weighted by molar-refractivity contribution is 6.30. The highest BCUT2D eigenvalue weighted by atomic mass is 35.5. The number of hydrogen-bond acceptors (Lipinski definition) is 4. The maximum Gasteiger partial charge on any atom is 0.227 e. The molecule has 0 unspecified atom stereocenters. The molecule has 29 heavy (non-hydrogen) atoms. The van der Waals surface area contributed by atoms with Crippen LogP contribution in [-0.2, 0) is 24.2 Å². The molecule has 3 heterocycles. The van der Waals surface area contributed by atoms with E-state index in [1.54, 1.807) is 12.1 Å². The van der Waals surface area contributed by atoms with Crippen molar-refractivity contribution in [2.24, 2.45) is 0 Å². The van der Waals surface area contributed by atoms with Crippen LogP contribution in [0.5, 0.6) is 0 Å². The standard InChI is InChI=1S/C22H19ClN4O2/c23-15-7-5-14(6-8-15)22-25-20(29-26-22)9-10-21(28)27-12-11-19-17(13-27)16-3-1-2-4-18(16)24-19/h1-8,24H,9-13H2. The second-order valence-corrected chi connectivity index (χ2v) is 7.65. The van der Waals surface area contributed by atoms with E-state index in [1.165, 1.54) is 16.6 Å². The maximum atomic E-state index is 12.8. The summed E-state index contributed by atoms with van der Waals surface area (Å²) in [5.41, 5.74) is 4.42. The smallest absolute Gasteiger partial charge is 0.227 e. The Bertz CT molecular complexity index is 1180. The molecule has 1 aliphatic rings. The molecule has 0 atom stereocenters. The molecular formula is C22H19ClN4O2. The minimum atomic E-state index is 0.104. The first-order valence-corrected chi connectivity index (χ1v) is 10.00. The summed E-state index contributed by atoms with van der Waals surface area (Å²) >= 11 is 5.91. The van der Waals surface area contributed by atoms with E-state index in [-0.39, 0.29) is 5.91 Å². The van der Waals surface area contributed by atoms with Gasteiger partial charge >= 0.3 is 0 Å². The van der Waals surface area contributed by atoms with Gasteiger partial charge in [0.15, 0.2) is 0 Å². The van der Waals surface area contributed by atoms with E-state index in [2.05, 4.69) is 27.3 Å². The number of nitrogens with one attached hydrogen (secondary N) is 1. The zero-order chi connectivity index (χ0) is 19.8. The summed E-state index contributed by atoms with van der Waals surface area (Å²) in [6.07, 6.45) is 1.62. The number of H-pyrrole nitrogens is 1. The van der Waals surface area contributed by atoms with Crippen LogP contribution in [-0.4, -0.2) is 32.5 Å². The van der Waals surface area contributed by atoms with Crippen LogP contribution in [0, 0.1) is 0 Å². The third kappa shape index (κ3) is 3.51. The van der Waals surface area contributed by atoms with Crippen LogP contribution in [0.4, 0.5) is 0 Å². The Morgan fingerprint density at radius 2 is 2.00 bits per heavy atom. The molecule has 0 bridgehead atoms. The number of carbonyl (C=O) groups is 1. The molecule has 4 aromatic rings. The van der Waals surface area contributed by atoms with Crippen molar-refractivity contribution in [3.05, 3.63) is 70.7 Å². The lowest BCUT2D eigenvalue weighted by molar-refractivity contribution is -0.132. The molecule has 0 spiro atoms. The van der Waals surface area contributed by atoms with Crippen LogP contribution in [0.3, 0.4) is 0 Å². The molecule has 5 rings (SSSR count). The van der Waals surface area contributed by atoms with Gasteiger partial charge < -0.3 is 14.4 Å². The van der Waals surface area contributed by atoms with Crippen molar-refractivity contribution < 1.29 is 9.32 Å². The zero-order valence-electron chi connectivity index (χ0n) is 15.7. The van der Waals surface area contributed by atoms with Crippen LogP contribution in [0.1, 0.15) is 23.6 Å². The predicted molar refractivity (Wildman–Crippen MR) is 110 cm³/mol. The van der Waals surface area contributed by atoms with Crippen LogP contribution in [0.25, 0.3) is 22.3 Å². The van der Waals surface area contributed by atoms with Crippen molar-refractivity contribution >= 4 is 28.4 Å². The van der Waals surface area contributed by atoms with Crippen LogP contribution in [0.2, 0.25) is 5.02 Å². The maximum absolute atomic E-state index is 12.8. The molecule has 0 fully saturated rings. The Kier molecular flexibility index (Phi) is 4.56. The molecule has 6 nitrogen and oxygen atoms in total. The van der Waals surface area contributed by atoms with Gasteiger partial charge in [0.25, 0.3) is 0 Å².